The maximum absolute atomic E-state index is 13.6. The molecule has 1 aromatic carbocycles. The molecule has 0 radical (unpaired) electrons. The van der Waals surface area contributed by atoms with Crippen molar-refractivity contribution in [1.82, 2.24) is 10.3 Å². The Hall–Kier alpha value is -2.77. The number of rotatable bonds is 4. The van der Waals surface area contributed by atoms with Crippen LogP contribution in [0.1, 0.15) is 55.1 Å². The third-order valence-corrected chi connectivity index (χ3v) is 6.47. The lowest BCUT2D eigenvalue weighted by Gasteiger charge is -2.35. The summed E-state index contributed by atoms with van der Waals surface area (Å²) in [4.78, 5) is 25.4. The molecule has 0 unspecified atom stereocenters. The number of amides is 1. The van der Waals surface area contributed by atoms with Crippen LogP contribution in [0, 0.1) is 6.92 Å². The molecule has 2 aliphatic rings. The molecule has 1 fully saturated rings. The van der Waals surface area contributed by atoms with Crippen LogP contribution >= 0.6 is 0 Å². The number of hydrogen-bond acceptors (Lipinski definition) is 6. The van der Waals surface area contributed by atoms with Crippen molar-refractivity contribution in [2.45, 2.75) is 57.8 Å². The van der Waals surface area contributed by atoms with Gasteiger partial charge in [-0.1, -0.05) is 23.4 Å². The van der Waals surface area contributed by atoms with Crippen molar-refractivity contribution in [3.8, 4) is 0 Å². The van der Waals surface area contributed by atoms with Crippen molar-refractivity contribution in [2.75, 3.05) is 18.0 Å². The number of oxime groups is 1. The standard InChI is InChI=1S/C24H30N4O3/c1-16-7-5-14-26-21(16)28(19-8-6-13-25-15-19)22(29)18-11-9-17(10-12-18)20-24(4,30)23(2,3)31-27-20/h5,7,9-12,14,19,25,30H,6,8,13,15H2,1-4H3/t19-,24+/m1/s1. The number of carbonyl (C=O) groups excluding carboxylic acids is 1. The lowest BCUT2D eigenvalue weighted by molar-refractivity contribution is -0.0936. The molecule has 164 valence electrons. The normalized spacial score (nSPS) is 24.9. The smallest absolute Gasteiger partial charge is 0.259 e. The number of benzene rings is 1. The molecular weight excluding hydrogens is 392 g/mol. The molecule has 31 heavy (non-hydrogen) atoms. The zero-order chi connectivity index (χ0) is 22.2. The molecule has 2 atom stereocenters. The van der Waals surface area contributed by atoms with Gasteiger partial charge >= 0.3 is 0 Å². The van der Waals surface area contributed by atoms with E-state index in [9.17, 15) is 9.90 Å². The van der Waals surface area contributed by atoms with Gasteiger partial charge in [0.2, 0.25) is 0 Å². The zero-order valence-electron chi connectivity index (χ0n) is 18.6. The number of aliphatic hydroxyl groups is 1. The number of aromatic nitrogens is 1. The second-order valence-electron chi connectivity index (χ2n) is 9.01. The summed E-state index contributed by atoms with van der Waals surface area (Å²) in [6, 6.07) is 11.1. The number of nitrogens with zero attached hydrogens (tertiary/aromatic N) is 3. The number of anilines is 1. The Labute approximate surface area is 183 Å². The minimum atomic E-state index is -1.23. The third kappa shape index (κ3) is 3.83. The fraction of sp³-hybridized carbons (Fsp3) is 0.458. The van der Waals surface area contributed by atoms with E-state index in [-0.39, 0.29) is 11.9 Å². The van der Waals surface area contributed by atoms with Crippen molar-refractivity contribution in [3.63, 3.8) is 0 Å². The van der Waals surface area contributed by atoms with E-state index in [4.69, 9.17) is 4.84 Å². The summed E-state index contributed by atoms with van der Waals surface area (Å²) in [7, 11) is 0. The largest absolute Gasteiger partial charge is 0.386 e. The van der Waals surface area contributed by atoms with Gasteiger partial charge < -0.3 is 15.3 Å². The van der Waals surface area contributed by atoms with Crippen LogP contribution in [0.2, 0.25) is 0 Å². The van der Waals surface area contributed by atoms with Crippen LogP contribution < -0.4 is 10.2 Å². The molecule has 1 aromatic heterocycles. The van der Waals surface area contributed by atoms with Crippen LogP contribution in [0.3, 0.4) is 0 Å². The van der Waals surface area contributed by atoms with Gasteiger partial charge in [0.25, 0.3) is 5.91 Å². The van der Waals surface area contributed by atoms with Gasteiger partial charge in [-0.05, 0) is 70.8 Å². The first-order chi connectivity index (χ1) is 14.7. The lowest BCUT2D eigenvalue weighted by atomic mass is 9.81. The van der Waals surface area contributed by atoms with Crippen molar-refractivity contribution in [3.05, 3.63) is 59.3 Å². The predicted molar refractivity (Wildman–Crippen MR) is 120 cm³/mol. The van der Waals surface area contributed by atoms with Crippen molar-refractivity contribution < 1.29 is 14.7 Å². The van der Waals surface area contributed by atoms with Gasteiger partial charge in [0.15, 0.2) is 5.60 Å². The third-order valence-electron chi connectivity index (χ3n) is 6.47. The molecule has 1 saturated heterocycles. The van der Waals surface area contributed by atoms with E-state index in [1.807, 2.05) is 36.1 Å². The molecular formula is C24H30N4O3. The summed E-state index contributed by atoms with van der Waals surface area (Å²) in [6.07, 6.45) is 3.67. The Balaban J connectivity index is 1.64. The monoisotopic (exact) mass is 422 g/mol. The van der Waals surface area contributed by atoms with Gasteiger partial charge in [0.1, 0.15) is 17.1 Å². The highest BCUT2D eigenvalue weighted by Crippen LogP contribution is 2.35. The number of hydrogen-bond donors (Lipinski definition) is 2. The Morgan fingerprint density at radius 1 is 1.23 bits per heavy atom. The Bertz CT molecular complexity index is 992. The first-order valence-corrected chi connectivity index (χ1v) is 10.8. The molecule has 7 nitrogen and oxygen atoms in total. The summed E-state index contributed by atoms with van der Waals surface area (Å²) in [5, 5.41) is 18.4. The molecule has 2 N–H and O–H groups in total. The molecule has 0 aliphatic carbocycles. The molecule has 2 aliphatic heterocycles. The zero-order valence-corrected chi connectivity index (χ0v) is 18.6. The number of pyridine rings is 1. The van der Waals surface area contributed by atoms with E-state index >= 15 is 0 Å². The fourth-order valence-corrected chi connectivity index (χ4v) is 4.08. The van der Waals surface area contributed by atoms with Crippen LogP contribution in [-0.2, 0) is 4.84 Å². The van der Waals surface area contributed by atoms with E-state index in [1.165, 1.54) is 0 Å². The van der Waals surface area contributed by atoms with Crippen LogP contribution in [0.15, 0.2) is 47.8 Å². The first kappa shape index (κ1) is 21.5. The molecule has 0 spiro atoms. The Morgan fingerprint density at radius 2 is 1.97 bits per heavy atom. The number of carbonyl (C=O) groups is 1. The van der Waals surface area contributed by atoms with Gasteiger partial charge in [0.05, 0.1) is 6.04 Å². The molecule has 0 saturated carbocycles. The highest BCUT2D eigenvalue weighted by Gasteiger charge is 2.51. The van der Waals surface area contributed by atoms with Crippen molar-refractivity contribution in [1.29, 1.82) is 0 Å². The molecule has 2 aromatic rings. The predicted octanol–water partition coefficient (Wildman–Crippen LogP) is 3.05. The Kier molecular flexibility index (Phi) is 5.58. The summed E-state index contributed by atoms with van der Waals surface area (Å²) in [6.45, 7) is 8.98. The topological polar surface area (TPSA) is 87.1 Å². The molecule has 4 rings (SSSR count). The Morgan fingerprint density at radius 3 is 2.55 bits per heavy atom. The van der Waals surface area contributed by atoms with Gasteiger partial charge in [-0.25, -0.2) is 4.98 Å². The summed E-state index contributed by atoms with van der Waals surface area (Å²) in [5.74, 6) is 0.613. The van der Waals surface area contributed by atoms with E-state index < -0.39 is 11.2 Å². The average Bonchev–Trinajstić information content (AvgIpc) is 2.97. The van der Waals surface area contributed by atoms with Crippen LogP contribution in [0.4, 0.5) is 5.82 Å². The summed E-state index contributed by atoms with van der Waals surface area (Å²) in [5.41, 5.74) is 0.672. The minimum Gasteiger partial charge on any atom is -0.386 e. The van der Waals surface area contributed by atoms with E-state index in [2.05, 4.69) is 15.5 Å². The maximum atomic E-state index is 13.6. The minimum absolute atomic E-state index is 0.0451. The number of aryl methyl sites for hydroxylation is 1. The van der Waals surface area contributed by atoms with Gasteiger partial charge in [0, 0.05) is 23.9 Å². The van der Waals surface area contributed by atoms with Crippen LogP contribution in [-0.4, -0.2) is 52.0 Å². The van der Waals surface area contributed by atoms with Crippen LogP contribution in [0.25, 0.3) is 0 Å². The SMILES string of the molecule is Cc1cccnc1N(C(=O)c1ccc(C2=NOC(C)(C)[C@@]2(C)O)cc1)[C@@H]1CCCNC1. The number of nitrogens with one attached hydrogen (secondary N) is 1. The maximum Gasteiger partial charge on any atom is 0.259 e. The van der Waals surface area contributed by atoms with Crippen molar-refractivity contribution >= 4 is 17.4 Å². The number of piperidine rings is 1. The van der Waals surface area contributed by atoms with Gasteiger partial charge in [-0.15, -0.1) is 0 Å². The highest BCUT2D eigenvalue weighted by atomic mass is 16.7. The highest BCUT2D eigenvalue weighted by molar-refractivity contribution is 6.10. The van der Waals surface area contributed by atoms with E-state index in [0.29, 0.717) is 17.1 Å². The molecule has 0 bridgehead atoms. The van der Waals surface area contributed by atoms with E-state index in [0.717, 1.165) is 37.1 Å². The van der Waals surface area contributed by atoms with E-state index in [1.54, 1.807) is 39.1 Å². The average molecular weight is 423 g/mol. The molecule has 1 amide bonds. The first-order valence-electron chi connectivity index (χ1n) is 10.8. The second-order valence-corrected chi connectivity index (χ2v) is 9.01. The van der Waals surface area contributed by atoms with Crippen molar-refractivity contribution in [2.24, 2.45) is 5.16 Å². The molecule has 3 heterocycles. The summed E-state index contributed by atoms with van der Waals surface area (Å²) >= 11 is 0. The fourth-order valence-electron chi connectivity index (χ4n) is 4.08. The summed E-state index contributed by atoms with van der Waals surface area (Å²) < 4.78 is 0. The van der Waals surface area contributed by atoms with Crippen LogP contribution in [0.5, 0.6) is 0 Å². The van der Waals surface area contributed by atoms with Gasteiger partial charge in [-0.2, -0.15) is 0 Å². The molecule has 7 heteroatoms. The quantitative estimate of drug-likeness (QED) is 0.791. The second kappa shape index (κ2) is 8.05. The lowest BCUT2D eigenvalue weighted by Crippen LogP contribution is -2.50. The van der Waals surface area contributed by atoms with Gasteiger partial charge in [-0.3, -0.25) is 9.69 Å².